The second-order valence-electron chi connectivity index (χ2n) is 2.35. The second-order valence-corrected chi connectivity index (χ2v) is 3.26. The van der Waals surface area contributed by atoms with E-state index < -0.39 is 0 Å². The van der Waals surface area contributed by atoms with Crippen LogP contribution in [0.25, 0.3) is 0 Å². The Morgan fingerprint density at radius 1 is 1.31 bits per heavy atom. The van der Waals surface area contributed by atoms with Gasteiger partial charge >= 0.3 is 0 Å². The number of hydrogen-bond acceptors (Lipinski definition) is 3. The summed E-state index contributed by atoms with van der Waals surface area (Å²) in [7, 11) is 1.45. The minimum atomic E-state index is 0.278. The molecular formula is C9H7BrO3. The standard InChI is InChI=1S/C9H7BrO3/c1-13-9-3-7(10)2-6(4-11)8(9)5-12/h2-5H,1H3. The highest BCUT2D eigenvalue weighted by Crippen LogP contribution is 2.25. The van der Waals surface area contributed by atoms with E-state index in [-0.39, 0.29) is 5.56 Å². The maximum absolute atomic E-state index is 10.6. The molecule has 0 saturated heterocycles. The monoisotopic (exact) mass is 242 g/mol. The highest BCUT2D eigenvalue weighted by molar-refractivity contribution is 9.10. The van der Waals surface area contributed by atoms with Gasteiger partial charge in [-0.2, -0.15) is 0 Å². The number of rotatable bonds is 3. The minimum absolute atomic E-state index is 0.278. The fourth-order valence-corrected chi connectivity index (χ4v) is 1.46. The third-order valence-corrected chi connectivity index (χ3v) is 2.06. The van der Waals surface area contributed by atoms with Gasteiger partial charge in [-0.3, -0.25) is 9.59 Å². The number of aldehydes is 2. The largest absolute Gasteiger partial charge is 0.496 e. The van der Waals surface area contributed by atoms with Crippen LogP contribution in [-0.2, 0) is 0 Å². The lowest BCUT2D eigenvalue weighted by atomic mass is 10.1. The average molecular weight is 243 g/mol. The van der Waals surface area contributed by atoms with Gasteiger partial charge in [-0.05, 0) is 12.1 Å². The second kappa shape index (κ2) is 4.18. The summed E-state index contributed by atoms with van der Waals surface area (Å²) in [4.78, 5) is 21.2. The molecule has 4 heteroatoms. The summed E-state index contributed by atoms with van der Waals surface area (Å²) in [5.41, 5.74) is 0.599. The quantitative estimate of drug-likeness (QED) is 0.763. The van der Waals surface area contributed by atoms with Crippen molar-refractivity contribution in [2.45, 2.75) is 0 Å². The van der Waals surface area contributed by atoms with Crippen molar-refractivity contribution < 1.29 is 14.3 Å². The van der Waals surface area contributed by atoms with Crippen molar-refractivity contribution in [2.75, 3.05) is 7.11 Å². The van der Waals surface area contributed by atoms with Crippen molar-refractivity contribution in [1.29, 1.82) is 0 Å². The van der Waals surface area contributed by atoms with E-state index in [0.29, 0.717) is 28.4 Å². The molecule has 0 amide bonds. The van der Waals surface area contributed by atoms with Gasteiger partial charge < -0.3 is 4.74 Å². The Balaban J connectivity index is 3.41. The van der Waals surface area contributed by atoms with Gasteiger partial charge in [0.05, 0.1) is 12.7 Å². The van der Waals surface area contributed by atoms with Gasteiger partial charge in [0.1, 0.15) is 5.75 Å². The molecule has 0 bridgehead atoms. The molecule has 3 nitrogen and oxygen atoms in total. The molecule has 0 heterocycles. The van der Waals surface area contributed by atoms with E-state index in [0.717, 1.165) is 0 Å². The first-order valence-corrected chi connectivity index (χ1v) is 4.30. The summed E-state index contributed by atoms with van der Waals surface area (Å²) >= 11 is 3.20. The molecule has 0 aliphatic carbocycles. The third kappa shape index (κ3) is 1.95. The molecule has 13 heavy (non-hydrogen) atoms. The summed E-state index contributed by atoms with van der Waals surface area (Å²) in [5, 5.41) is 0. The lowest BCUT2D eigenvalue weighted by Crippen LogP contribution is -1.96. The maximum atomic E-state index is 10.6. The first kappa shape index (κ1) is 9.92. The van der Waals surface area contributed by atoms with E-state index in [9.17, 15) is 9.59 Å². The van der Waals surface area contributed by atoms with Gasteiger partial charge in [0, 0.05) is 10.0 Å². The SMILES string of the molecule is COc1cc(Br)cc(C=O)c1C=O. The maximum Gasteiger partial charge on any atom is 0.154 e. The molecule has 1 aromatic carbocycles. The zero-order chi connectivity index (χ0) is 9.84. The molecule has 1 aromatic rings. The number of hydrogen-bond donors (Lipinski definition) is 0. The topological polar surface area (TPSA) is 43.4 Å². The molecule has 0 aromatic heterocycles. The van der Waals surface area contributed by atoms with Gasteiger partial charge in [-0.15, -0.1) is 0 Å². The summed E-state index contributed by atoms with van der Waals surface area (Å²) in [6.07, 6.45) is 1.23. The molecule has 1 rings (SSSR count). The van der Waals surface area contributed by atoms with Crippen LogP contribution in [0.3, 0.4) is 0 Å². The van der Waals surface area contributed by atoms with E-state index >= 15 is 0 Å². The van der Waals surface area contributed by atoms with E-state index in [4.69, 9.17) is 4.74 Å². The lowest BCUT2D eigenvalue weighted by molar-refractivity contribution is 0.109. The van der Waals surface area contributed by atoms with Crippen LogP contribution in [0.2, 0.25) is 0 Å². The van der Waals surface area contributed by atoms with Crippen LogP contribution in [0.5, 0.6) is 5.75 Å². The van der Waals surface area contributed by atoms with Crippen molar-refractivity contribution in [3.05, 3.63) is 27.7 Å². The van der Waals surface area contributed by atoms with Crippen molar-refractivity contribution in [3.63, 3.8) is 0 Å². The van der Waals surface area contributed by atoms with E-state index in [2.05, 4.69) is 15.9 Å². The third-order valence-electron chi connectivity index (χ3n) is 1.60. The Morgan fingerprint density at radius 3 is 2.46 bits per heavy atom. The van der Waals surface area contributed by atoms with Crippen LogP contribution in [0.4, 0.5) is 0 Å². The predicted molar refractivity (Wildman–Crippen MR) is 51.5 cm³/mol. The molecule has 0 aliphatic rings. The predicted octanol–water partition coefficient (Wildman–Crippen LogP) is 2.08. The number of halogens is 1. The molecule has 0 atom stereocenters. The molecule has 0 radical (unpaired) electrons. The van der Waals surface area contributed by atoms with Gasteiger partial charge in [0.25, 0.3) is 0 Å². The van der Waals surface area contributed by atoms with Gasteiger partial charge in [0.2, 0.25) is 0 Å². The molecule has 0 unspecified atom stereocenters. The number of carbonyl (C=O) groups excluding carboxylic acids is 2. The summed E-state index contributed by atoms with van der Waals surface area (Å²) in [6, 6.07) is 3.20. The van der Waals surface area contributed by atoms with Crippen molar-refractivity contribution in [3.8, 4) is 5.75 Å². The minimum Gasteiger partial charge on any atom is -0.496 e. The summed E-state index contributed by atoms with van der Waals surface area (Å²) in [6.45, 7) is 0. The van der Waals surface area contributed by atoms with Crippen molar-refractivity contribution >= 4 is 28.5 Å². The highest BCUT2D eigenvalue weighted by atomic mass is 79.9. The Labute approximate surface area is 83.8 Å². The zero-order valence-corrected chi connectivity index (χ0v) is 8.50. The van der Waals surface area contributed by atoms with Gasteiger partial charge in [-0.25, -0.2) is 0 Å². The zero-order valence-electron chi connectivity index (χ0n) is 6.91. The van der Waals surface area contributed by atoms with Crippen molar-refractivity contribution in [2.24, 2.45) is 0 Å². The molecular weight excluding hydrogens is 236 g/mol. The van der Waals surface area contributed by atoms with Crippen LogP contribution in [0.1, 0.15) is 20.7 Å². The normalized spacial score (nSPS) is 9.38. The molecule has 68 valence electrons. The fourth-order valence-electron chi connectivity index (χ4n) is 1.01. The first-order chi connectivity index (χ1) is 6.22. The van der Waals surface area contributed by atoms with Crippen LogP contribution >= 0.6 is 15.9 Å². The number of methoxy groups -OCH3 is 1. The van der Waals surface area contributed by atoms with Crippen LogP contribution in [0.15, 0.2) is 16.6 Å². The average Bonchev–Trinajstić information content (AvgIpc) is 2.16. The Kier molecular flexibility index (Phi) is 3.19. The fraction of sp³-hybridized carbons (Fsp3) is 0.111. The van der Waals surface area contributed by atoms with Gasteiger partial charge in [0.15, 0.2) is 12.6 Å². The summed E-state index contributed by atoms with van der Waals surface area (Å²) in [5.74, 6) is 0.395. The number of ether oxygens (including phenoxy) is 1. The van der Waals surface area contributed by atoms with Gasteiger partial charge in [-0.1, -0.05) is 15.9 Å². The lowest BCUT2D eigenvalue weighted by Gasteiger charge is -2.05. The molecule has 0 aliphatic heterocycles. The molecule has 0 fully saturated rings. The molecule has 0 N–H and O–H groups in total. The number of carbonyl (C=O) groups is 2. The van der Waals surface area contributed by atoms with Crippen molar-refractivity contribution in [1.82, 2.24) is 0 Å². The van der Waals surface area contributed by atoms with E-state index in [1.54, 1.807) is 12.1 Å². The number of benzene rings is 1. The van der Waals surface area contributed by atoms with E-state index in [1.807, 2.05) is 0 Å². The molecule has 0 saturated carbocycles. The highest BCUT2D eigenvalue weighted by Gasteiger charge is 2.08. The van der Waals surface area contributed by atoms with Crippen LogP contribution in [0, 0.1) is 0 Å². The Bertz CT molecular complexity index is 347. The Hall–Kier alpha value is -1.16. The van der Waals surface area contributed by atoms with Crippen LogP contribution < -0.4 is 4.74 Å². The summed E-state index contributed by atoms with van der Waals surface area (Å²) < 4.78 is 5.64. The Morgan fingerprint density at radius 2 is 2.00 bits per heavy atom. The first-order valence-electron chi connectivity index (χ1n) is 3.50. The smallest absolute Gasteiger partial charge is 0.154 e. The van der Waals surface area contributed by atoms with E-state index in [1.165, 1.54) is 7.11 Å². The van der Waals surface area contributed by atoms with Crippen LogP contribution in [-0.4, -0.2) is 19.7 Å². The molecule has 0 spiro atoms.